The van der Waals surface area contributed by atoms with Crippen molar-refractivity contribution >= 4 is 0 Å². The van der Waals surface area contributed by atoms with Gasteiger partial charge in [0, 0.05) is 6.04 Å². The Morgan fingerprint density at radius 3 is 1.43 bits per heavy atom. The lowest BCUT2D eigenvalue weighted by atomic mass is 9.97. The van der Waals surface area contributed by atoms with Crippen LogP contribution in [0.15, 0.2) is 0 Å². The van der Waals surface area contributed by atoms with Gasteiger partial charge in [0.05, 0.1) is 0 Å². The van der Waals surface area contributed by atoms with E-state index in [4.69, 9.17) is 0 Å². The molecule has 0 aromatic rings. The first kappa shape index (κ1) is 17.3. The van der Waals surface area contributed by atoms with Gasteiger partial charge in [-0.3, -0.25) is 0 Å². The summed E-state index contributed by atoms with van der Waals surface area (Å²) >= 11 is 0. The molecule has 21 heavy (non-hydrogen) atoms. The lowest BCUT2D eigenvalue weighted by Gasteiger charge is -2.20. The molecule has 1 nitrogen and oxygen atoms in total. The van der Waals surface area contributed by atoms with Crippen molar-refractivity contribution < 1.29 is 0 Å². The molecule has 124 valence electrons. The highest BCUT2D eigenvalue weighted by atomic mass is 14.9. The van der Waals surface area contributed by atoms with Crippen LogP contribution in [0.5, 0.6) is 0 Å². The molecule has 0 unspecified atom stereocenters. The molecule has 2 saturated carbocycles. The maximum Gasteiger partial charge on any atom is 0.00671 e. The summed E-state index contributed by atoms with van der Waals surface area (Å²) in [6, 6.07) is 0.789. The minimum Gasteiger partial charge on any atom is -0.314 e. The van der Waals surface area contributed by atoms with Gasteiger partial charge in [-0.05, 0) is 36.1 Å². The van der Waals surface area contributed by atoms with Crippen molar-refractivity contribution in [2.75, 3.05) is 6.54 Å². The Labute approximate surface area is 133 Å². The van der Waals surface area contributed by atoms with Crippen LogP contribution in [0.1, 0.15) is 98.3 Å². The Hall–Kier alpha value is -0.0400. The fourth-order valence-electron chi connectivity index (χ4n) is 4.50. The van der Waals surface area contributed by atoms with E-state index in [-0.39, 0.29) is 0 Å². The van der Waals surface area contributed by atoms with Gasteiger partial charge in [0.25, 0.3) is 0 Å². The molecule has 0 aromatic carbocycles. The number of nitrogens with one attached hydrogen (secondary N) is 1. The van der Waals surface area contributed by atoms with Crippen molar-refractivity contribution in [1.29, 1.82) is 0 Å². The minimum absolute atomic E-state index is 0.533. The van der Waals surface area contributed by atoms with Gasteiger partial charge < -0.3 is 5.32 Å². The zero-order valence-corrected chi connectivity index (χ0v) is 15.1. The van der Waals surface area contributed by atoms with Crippen molar-refractivity contribution in [3.63, 3.8) is 0 Å². The van der Waals surface area contributed by atoms with Gasteiger partial charge in [0.2, 0.25) is 0 Å². The maximum atomic E-state index is 3.95. The summed E-state index contributed by atoms with van der Waals surface area (Å²) < 4.78 is 0. The van der Waals surface area contributed by atoms with Crippen molar-refractivity contribution in [2.24, 2.45) is 16.7 Å². The molecule has 2 aliphatic rings. The van der Waals surface area contributed by atoms with E-state index in [9.17, 15) is 0 Å². The number of rotatable bonds is 3. The van der Waals surface area contributed by atoms with Crippen LogP contribution < -0.4 is 5.32 Å². The van der Waals surface area contributed by atoms with Gasteiger partial charge >= 0.3 is 0 Å². The number of hydrogen-bond acceptors (Lipinski definition) is 1. The van der Waals surface area contributed by atoms with Crippen LogP contribution in [0.4, 0.5) is 0 Å². The van der Waals surface area contributed by atoms with Gasteiger partial charge in [0.15, 0.2) is 0 Å². The van der Waals surface area contributed by atoms with Crippen LogP contribution in [0.3, 0.4) is 0 Å². The molecule has 0 aromatic heterocycles. The van der Waals surface area contributed by atoms with Crippen molar-refractivity contribution in [2.45, 2.75) is 104 Å². The highest BCUT2D eigenvalue weighted by molar-refractivity contribution is 5.12. The van der Waals surface area contributed by atoms with E-state index in [2.05, 4.69) is 33.0 Å². The first-order valence-electron chi connectivity index (χ1n) is 9.69. The lowest BCUT2D eigenvalue weighted by molar-refractivity contribution is 0.385. The molecule has 0 aliphatic heterocycles. The smallest absolute Gasteiger partial charge is 0.00671 e. The van der Waals surface area contributed by atoms with Crippen LogP contribution in [0, 0.1) is 16.7 Å². The third-order valence-corrected chi connectivity index (χ3v) is 7.04. The molecule has 0 atom stereocenters. The average molecular weight is 294 g/mol. The van der Waals surface area contributed by atoms with Crippen molar-refractivity contribution in [1.82, 2.24) is 5.32 Å². The third kappa shape index (κ3) is 4.47. The average Bonchev–Trinajstić information content (AvgIpc) is 2.79. The SMILES string of the molecule is CC1(C)C(CNC2CCCCCCCCCCC2)C1(C)C. The van der Waals surface area contributed by atoms with E-state index >= 15 is 0 Å². The molecule has 2 rings (SSSR count). The van der Waals surface area contributed by atoms with E-state index in [1.54, 1.807) is 0 Å². The first-order chi connectivity index (χ1) is 9.96. The normalized spacial score (nSPS) is 28.6. The fourth-order valence-corrected chi connectivity index (χ4v) is 4.50. The predicted octanol–water partition coefficient (Wildman–Crippen LogP) is 5.93. The molecule has 0 bridgehead atoms. The Balaban J connectivity index is 1.74. The van der Waals surface area contributed by atoms with Gasteiger partial charge in [-0.1, -0.05) is 85.5 Å². The summed E-state index contributed by atoms with van der Waals surface area (Å²) in [5.74, 6) is 0.867. The molecule has 2 aliphatic carbocycles. The second-order valence-electron chi connectivity index (χ2n) is 8.86. The Kier molecular flexibility index (Phi) is 6.17. The van der Waals surface area contributed by atoms with Crippen LogP contribution >= 0.6 is 0 Å². The summed E-state index contributed by atoms with van der Waals surface area (Å²) in [5.41, 5.74) is 1.07. The summed E-state index contributed by atoms with van der Waals surface area (Å²) in [6.07, 6.45) is 16.0. The highest BCUT2D eigenvalue weighted by Gasteiger charge is 2.63. The zero-order chi connectivity index (χ0) is 15.3. The van der Waals surface area contributed by atoms with E-state index in [0.717, 1.165) is 12.0 Å². The predicted molar refractivity (Wildman–Crippen MR) is 93.6 cm³/mol. The van der Waals surface area contributed by atoms with Gasteiger partial charge in [-0.15, -0.1) is 0 Å². The highest BCUT2D eigenvalue weighted by Crippen LogP contribution is 2.67. The van der Waals surface area contributed by atoms with E-state index in [1.807, 2.05) is 0 Å². The third-order valence-electron chi connectivity index (χ3n) is 7.04. The molecule has 0 heterocycles. The maximum absolute atomic E-state index is 3.95. The standard InChI is InChI=1S/C20H39N/c1-19(2)18(20(19,3)4)16-21-17-14-12-10-8-6-5-7-9-11-13-15-17/h17-18,21H,5-16H2,1-4H3. The zero-order valence-electron chi connectivity index (χ0n) is 15.1. The summed E-state index contributed by atoms with van der Waals surface area (Å²) in [6.45, 7) is 11.0. The second kappa shape index (κ2) is 7.49. The summed E-state index contributed by atoms with van der Waals surface area (Å²) in [5, 5.41) is 3.95. The quantitative estimate of drug-likeness (QED) is 0.680. The Bertz CT molecular complexity index is 279. The van der Waals surface area contributed by atoms with Gasteiger partial charge in [-0.25, -0.2) is 0 Å². The summed E-state index contributed by atoms with van der Waals surface area (Å²) in [7, 11) is 0. The molecule has 0 amide bonds. The summed E-state index contributed by atoms with van der Waals surface area (Å²) in [4.78, 5) is 0. The van der Waals surface area contributed by atoms with E-state index in [1.165, 1.54) is 77.2 Å². The first-order valence-corrected chi connectivity index (χ1v) is 9.69. The van der Waals surface area contributed by atoms with Crippen LogP contribution in [-0.2, 0) is 0 Å². The monoisotopic (exact) mass is 293 g/mol. The van der Waals surface area contributed by atoms with E-state index in [0.29, 0.717) is 10.8 Å². The Morgan fingerprint density at radius 2 is 1.05 bits per heavy atom. The van der Waals surface area contributed by atoms with Crippen molar-refractivity contribution in [3.8, 4) is 0 Å². The molecular formula is C20H39N. The fraction of sp³-hybridized carbons (Fsp3) is 1.00. The molecule has 1 N–H and O–H groups in total. The lowest BCUT2D eigenvalue weighted by Crippen LogP contribution is -2.32. The topological polar surface area (TPSA) is 12.0 Å². The molecule has 0 saturated heterocycles. The Morgan fingerprint density at radius 1 is 0.667 bits per heavy atom. The minimum atomic E-state index is 0.533. The van der Waals surface area contributed by atoms with Crippen LogP contribution in [0.2, 0.25) is 0 Å². The van der Waals surface area contributed by atoms with E-state index < -0.39 is 0 Å². The molecule has 0 spiro atoms. The van der Waals surface area contributed by atoms with Crippen LogP contribution in [-0.4, -0.2) is 12.6 Å². The molecular weight excluding hydrogens is 254 g/mol. The second-order valence-corrected chi connectivity index (χ2v) is 8.86. The molecule has 2 fully saturated rings. The van der Waals surface area contributed by atoms with Crippen LogP contribution in [0.25, 0.3) is 0 Å². The van der Waals surface area contributed by atoms with Crippen molar-refractivity contribution in [3.05, 3.63) is 0 Å². The molecule has 0 radical (unpaired) electrons. The largest absolute Gasteiger partial charge is 0.314 e. The molecule has 1 heteroatoms. The number of hydrogen-bond donors (Lipinski definition) is 1. The van der Waals surface area contributed by atoms with Gasteiger partial charge in [0.1, 0.15) is 0 Å². The van der Waals surface area contributed by atoms with Gasteiger partial charge in [-0.2, -0.15) is 0 Å².